The van der Waals surface area contributed by atoms with Crippen molar-refractivity contribution >= 4 is 21.6 Å². The fourth-order valence-electron chi connectivity index (χ4n) is 2.52. The summed E-state index contributed by atoms with van der Waals surface area (Å²) in [5.41, 5.74) is 0.580. The fraction of sp³-hybridized carbons (Fsp3) is 0.167. The van der Waals surface area contributed by atoms with E-state index in [9.17, 15) is 17.6 Å². The average molecular weight is 429 g/mol. The SMILES string of the molecule is Cc1nnnn1-c1cc(NC(=O)c2ccc(S(=O)(=O)NCCC#N)cc2)ccc1F. The summed E-state index contributed by atoms with van der Waals surface area (Å²) >= 11 is 0. The number of sulfonamides is 1. The van der Waals surface area contributed by atoms with Crippen molar-refractivity contribution in [1.29, 1.82) is 5.26 Å². The smallest absolute Gasteiger partial charge is 0.255 e. The lowest BCUT2D eigenvalue weighted by atomic mass is 10.2. The Morgan fingerprint density at radius 2 is 1.97 bits per heavy atom. The maximum atomic E-state index is 14.1. The second kappa shape index (κ2) is 8.76. The number of rotatable bonds is 7. The van der Waals surface area contributed by atoms with Crippen LogP contribution in [0.1, 0.15) is 22.6 Å². The van der Waals surface area contributed by atoms with Crippen molar-refractivity contribution in [3.63, 3.8) is 0 Å². The maximum absolute atomic E-state index is 14.1. The van der Waals surface area contributed by atoms with Gasteiger partial charge in [-0.05, 0) is 59.8 Å². The van der Waals surface area contributed by atoms with Crippen LogP contribution in [-0.4, -0.2) is 41.1 Å². The summed E-state index contributed by atoms with van der Waals surface area (Å²) in [7, 11) is -3.77. The number of tetrazole rings is 1. The molecule has 0 aliphatic carbocycles. The standard InChI is InChI=1S/C18H16FN7O3S/c1-12-23-24-25-26(12)17-11-14(5-8-16(17)19)22-18(27)13-3-6-15(7-4-13)30(28,29)21-10-2-9-20/h3-8,11,21H,2,10H2,1H3,(H,22,27). The molecule has 1 amide bonds. The van der Waals surface area contributed by atoms with Crippen molar-refractivity contribution in [2.75, 3.05) is 11.9 Å². The molecule has 3 aromatic rings. The third-order valence-electron chi connectivity index (χ3n) is 4.01. The van der Waals surface area contributed by atoms with Gasteiger partial charge in [-0.2, -0.15) is 9.94 Å². The lowest BCUT2D eigenvalue weighted by Crippen LogP contribution is -2.24. The first-order valence-electron chi connectivity index (χ1n) is 8.65. The molecule has 0 radical (unpaired) electrons. The van der Waals surface area contributed by atoms with Crippen LogP contribution in [0.25, 0.3) is 5.69 Å². The molecule has 0 atom stereocenters. The van der Waals surface area contributed by atoms with Gasteiger partial charge in [0.1, 0.15) is 11.5 Å². The predicted octanol–water partition coefficient (Wildman–Crippen LogP) is 1.55. The van der Waals surface area contributed by atoms with Crippen LogP contribution in [-0.2, 0) is 10.0 Å². The van der Waals surface area contributed by atoms with Gasteiger partial charge in [-0.3, -0.25) is 4.79 Å². The molecule has 0 saturated carbocycles. The zero-order valence-electron chi connectivity index (χ0n) is 15.7. The molecule has 1 aromatic heterocycles. The Labute approximate surface area is 171 Å². The highest BCUT2D eigenvalue weighted by atomic mass is 32.2. The van der Waals surface area contributed by atoms with Crippen LogP contribution in [0.4, 0.5) is 10.1 Å². The quantitative estimate of drug-likeness (QED) is 0.543. The van der Waals surface area contributed by atoms with Crippen LogP contribution >= 0.6 is 0 Å². The molecule has 0 spiro atoms. The van der Waals surface area contributed by atoms with E-state index in [1.807, 2.05) is 6.07 Å². The molecule has 0 unspecified atom stereocenters. The summed E-state index contributed by atoms with van der Waals surface area (Å²) in [6.45, 7) is 1.60. The number of nitriles is 1. The Hall–Kier alpha value is -3.69. The topological polar surface area (TPSA) is 143 Å². The molecule has 0 bridgehead atoms. The van der Waals surface area contributed by atoms with Gasteiger partial charge in [0.25, 0.3) is 5.91 Å². The van der Waals surface area contributed by atoms with Gasteiger partial charge in [-0.1, -0.05) is 0 Å². The fourth-order valence-corrected chi connectivity index (χ4v) is 3.55. The number of aryl methyl sites for hydroxylation is 1. The lowest BCUT2D eigenvalue weighted by Gasteiger charge is -2.10. The Bertz CT molecular complexity index is 1220. The molecular formula is C18H16FN7O3S. The van der Waals surface area contributed by atoms with Gasteiger partial charge < -0.3 is 5.32 Å². The Kier molecular flexibility index (Phi) is 6.14. The van der Waals surface area contributed by atoms with E-state index >= 15 is 0 Å². The van der Waals surface area contributed by atoms with E-state index < -0.39 is 21.7 Å². The van der Waals surface area contributed by atoms with Crippen molar-refractivity contribution in [2.45, 2.75) is 18.2 Å². The summed E-state index contributed by atoms with van der Waals surface area (Å²) in [4.78, 5) is 12.5. The number of anilines is 1. The minimum atomic E-state index is -3.77. The van der Waals surface area contributed by atoms with Crippen molar-refractivity contribution in [3.8, 4) is 11.8 Å². The summed E-state index contributed by atoms with van der Waals surface area (Å²) in [5, 5.41) is 22.0. The van der Waals surface area contributed by atoms with Gasteiger partial charge in [0, 0.05) is 24.2 Å². The van der Waals surface area contributed by atoms with Gasteiger partial charge >= 0.3 is 0 Å². The van der Waals surface area contributed by atoms with E-state index in [4.69, 9.17) is 5.26 Å². The minimum absolute atomic E-state index is 0.00522. The molecule has 30 heavy (non-hydrogen) atoms. The first-order chi connectivity index (χ1) is 14.3. The second-order valence-corrected chi connectivity index (χ2v) is 7.86. The van der Waals surface area contributed by atoms with Crippen molar-refractivity contribution in [2.24, 2.45) is 0 Å². The minimum Gasteiger partial charge on any atom is -0.322 e. The Morgan fingerprint density at radius 1 is 1.23 bits per heavy atom. The Balaban J connectivity index is 1.75. The predicted molar refractivity (Wildman–Crippen MR) is 104 cm³/mol. The van der Waals surface area contributed by atoms with Gasteiger partial charge in [0.05, 0.1) is 11.0 Å². The van der Waals surface area contributed by atoms with Crippen LogP contribution < -0.4 is 10.0 Å². The summed E-state index contributed by atoms with van der Waals surface area (Å²) < 4.78 is 41.8. The van der Waals surface area contributed by atoms with E-state index in [1.54, 1.807) is 6.92 Å². The van der Waals surface area contributed by atoms with E-state index in [0.29, 0.717) is 11.5 Å². The van der Waals surface area contributed by atoms with Crippen LogP contribution in [0.15, 0.2) is 47.4 Å². The largest absolute Gasteiger partial charge is 0.322 e. The zero-order chi connectivity index (χ0) is 21.7. The van der Waals surface area contributed by atoms with E-state index in [2.05, 4.69) is 25.6 Å². The highest BCUT2D eigenvalue weighted by Gasteiger charge is 2.16. The molecule has 2 aromatic carbocycles. The maximum Gasteiger partial charge on any atom is 0.255 e. The van der Waals surface area contributed by atoms with E-state index in [0.717, 1.165) is 0 Å². The van der Waals surface area contributed by atoms with Crippen LogP contribution in [0.5, 0.6) is 0 Å². The third-order valence-corrected chi connectivity index (χ3v) is 5.49. The number of halogens is 1. The number of amides is 1. The molecule has 1 heterocycles. The third kappa shape index (κ3) is 4.65. The number of benzene rings is 2. The molecule has 0 saturated heterocycles. The molecule has 0 fully saturated rings. The number of aromatic nitrogens is 4. The first kappa shape index (κ1) is 21.0. The normalized spacial score (nSPS) is 11.1. The summed E-state index contributed by atoms with van der Waals surface area (Å²) in [6.07, 6.45) is 0.0452. The molecule has 154 valence electrons. The molecule has 2 N–H and O–H groups in total. The zero-order valence-corrected chi connectivity index (χ0v) is 16.5. The average Bonchev–Trinajstić information content (AvgIpc) is 3.15. The second-order valence-electron chi connectivity index (χ2n) is 6.09. The number of carbonyl (C=O) groups is 1. The van der Waals surface area contributed by atoms with Gasteiger partial charge in [0.2, 0.25) is 10.0 Å². The highest BCUT2D eigenvalue weighted by Crippen LogP contribution is 2.20. The van der Waals surface area contributed by atoms with Crippen LogP contribution in [0, 0.1) is 24.1 Å². The first-order valence-corrected chi connectivity index (χ1v) is 10.1. The number of nitrogens with one attached hydrogen (secondary N) is 2. The van der Waals surface area contributed by atoms with Crippen molar-refractivity contribution < 1.29 is 17.6 Å². The van der Waals surface area contributed by atoms with E-state index in [1.165, 1.54) is 47.1 Å². The Morgan fingerprint density at radius 3 is 2.60 bits per heavy atom. The van der Waals surface area contributed by atoms with Gasteiger partial charge in [-0.15, -0.1) is 5.10 Å². The summed E-state index contributed by atoms with van der Waals surface area (Å²) in [5.74, 6) is -0.707. The number of carbonyl (C=O) groups excluding carboxylic acids is 1. The van der Waals surface area contributed by atoms with E-state index in [-0.39, 0.29) is 29.1 Å². The summed E-state index contributed by atoms with van der Waals surface area (Å²) in [6, 6.07) is 11.1. The van der Waals surface area contributed by atoms with Crippen molar-refractivity contribution in [3.05, 3.63) is 59.7 Å². The van der Waals surface area contributed by atoms with Crippen LogP contribution in [0.2, 0.25) is 0 Å². The molecular weight excluding hydrogens is 413 g/mol. The van der Waals surface area contributed by atoms with Crippen molar-refractivity contribution in [1.82, 2.24) is 24.9 Å². The molecule has 0 aliphatic rings. The molecule has 10 nitrogen and oxygen atoms in total. The van der Waals surface area contributed by atoms with Crippen LogP contribution in [0.3, 0.4) is 0 Å². The number of hydrogen-bond donors (Lipinski definition) is 2. The molecule has 12 heteroatoms. The monoisotopic (exact) mass is 429 g/mol. The number of hydrogen-bond acceptors (Lipinski definition) is 7. The highest BCUT2D eigenvalue weighted by molar-refractivity contribution is 7.89. The number of nitrogens with zero attached hydrogens (tertiary/aromatic N) is 5. The lowest BCUT2D eigenvalue weighted by molar-refractivity contribution is 0.102. The van der Waals surface area contributed by atoms with Gasteiger partial charge in [-0.25, -0.2) is 17.5 Å². The molecule has 0 aliphatic heterocycles. The van der Waals surface area contributed by atoms with Gasteiger partial charge in [0.15, 0.2) is 5.82 Å². The molecule has 3 rings (SSSR count).